The normalized spacial score (nSPS) is 12.7. The quantitative estimate of drug-likeness (QED) is 0.347. The number of ketones is 1. The van der Waals surface area contributed by atoms with Gasteiger partial charge in [-0.1, -0.05) is 13.8 Å². The van der Waals surface area contributed by atoms with Gasteiger partial charge in [0.15, 0.2) is 0 Å². The van der Waals surface area contributed by atoms with Crippen molar-refractivity contribution in [3.05, 3.63) is 0 Å². The Bertz CT molecular complexity index is 290. The summed E-state index contributed by atoms with van der Waals surface area (Å²) >= 11 is 1.82. The number of nitrogens with one attached hydrogen (secondary N) is 1. The molecule has 0 aromatic heterocycles. The molecule has 0 aliphatic rings. The predicted molar refractivity (Wildman–Crippen MR) is 86.1 cm³/mol. The fourth-order valence-corrected chi connectivity index (χ4v) is 2.55. The molecule has 0 aromatic carbocycles. The summed E-state index contributed by atoms with van der Waals surface area (Å²) in [7, 11) is 1.94. The number of Topliss-reactive ketones (excluding diaryl/α,β-unsaturated/α-hetero) is 1. The van der Waals surface area contributed by atoms with Crippen molar-refractivity contribution < 1.29 is 4.79 Å². The highest BCUT2D eigenvalue weighted by atomic mass is 32.2. The number of nitrogens with two attached hydrogens (primary N) is 1. The zero-order valence-corrected chi connectivity index (χ0v) is 13.6. The standard InChI is InChI=1S/C14H29N3OS/c1-12(18)14(2,3)11-19-10-5-7-13(15)17-9-6-8-16-4/h16H,5-11H2,1-4H3,(H2,15,17). The molecule has 0 atom stereocenters. The zero-order chi connectivity index (χ0) is 14.7. The topological polar surface area (TPSA) is 67.5 Å². The summed E-state index contributed by atoms with van der Waals surface area (Å²) in [5, 5.41) is 3.08. The number of carbonyl (C=O) groups excluding carboxylic acids is 1. The molecule has 0 amide bonds. The SMILES string of the molecule is CNCCCN=C(N)CCCSCC(C)(C)C(C)=O. The van der Waals surface area contributed by atoms with Gasteiger partial charge in [0.1, 0.15) is 5.78 Å². The Morgan fingerprint density at radius 3 is 2.63 bits per heavy atom. The van der Waals surface area contributed by atoms with E-state index >= 15 is 0 Å². The maximum Gasteiger partial charge on any atom is 0.136 e. The van der Waals surface area contributed by atoms with Crippen LogP contribution in [0, 0.1) is 5.41 Å². The average molecular weight is 287 g/mol. The molecule has 0 aliphatic heterocycles. The van der Waals surface area contributed by atoms with Gasteiger partial charge < -0.3 is 11.1 Å². The van der Waals surface area contributed by atoms with Gasteiger partial charge in [0.25, 0.3) is 0 Å². The van der Waals surface area contributed by atoms with Gasteiger partial charge in [0, 0.05) is 24.1 Å². The van der Waals surface area contributed by atoms with Crippen LogP contribution < -0.4 is 11.1 Å². The number of aliphatic imine (C=N–C) groups is 1. The molecule has 0 rings (SSSR count). The number of nitrogens with zero attached hydrogens (tertiary/aromatic N) is 1. The summed E-state index contributed by atoms with van der Waals surface area (Å²) in [5.41, 5.74) is 5.63. The number of hydrogen-bond donors (Lipinski definition) is 2. The lowest BCUT2D eigenvalue weighted by atomic mass is 9.92. The van der Waals surface area contributed by atoms with E-state index in [1.807, 2.05) is 32.7 Å². The van der Waals surface area contributed by atoms with Crippen LogP contribution in [0.3, 0.4) is 0 Å². The second kappa shape index (κ2) is 10.3. The van der Waals surface area contributed by atoms with Gasteiger partial charge in [0.2, 0.25) is 0 Å². The molecule has 112 valence electrons. The summed E-state index contributed by atoms with van der Waals surface area (Å²) < 4.78 is 0. The number of amidine groups is 1. The van der Waals surface area contributed by atoms with E-state index in [9.17, 15) is 4.79 Å². The maximum absolute atomic E-state index is 11.4. The molecule has 0 radical (unpaired) electrons. The van der Waals surface area contributed by atoms with E-state index < -0.39 is 0 Å². The summed E-state index contributed by atoms with van der Waals surface area (Å²) in [4.78, 5) is 15.7. The molecule has 0 heterocycles. The Morgan fingerprint density at radius 2 is 2.05 bits per heavy atom. The Kier molecular flexibility index (Phi) is 9.97. The molecule has 4 nitrogen and oxygen atoms in total. The predicted octanol–water partition coefficient (Wildman–Crippen LogP) is 2.08. The molecule has 0 saturated heterocycles. The first-order valence-electron chi connectivity index (χ1n) is 6.92. The van der Waals surface area contributed by atoms with Gasteiger partial charge in [-0.15, -0.1) is 0 Å². The van der Waals surface area contributed by atoms with Gasteiger partial charge in [-0.05, 0) is 39.1 Å². The van der Waals surface area contributed by atoms with Crippen molar-refractivity contribution in [1.29, 1.82) is 0 Å². The average Bonchev–Trinajstić information content (AvgIpc) is 2.34. The van der Waals surface area contributed by atoms with Gasteiger partial charge in [-0.25, -0.2) is 0 Å². The lowest BCUT2D eigenvalue weighted by Crippen LogP contribution is -2.24. The first kappa shape index (κ1) is 18.4. The summed E-state index contributed by atoms with van der Waals surface area (Å²) in [6, 6.07) is 0. The summed E-state index contributed by atoms with van der Waals surface area (Å²) in [6.07, 6.45) is 2.91. The Hall–Kier alpha value is -0.550. The van der Waals surface area contributed by atoms with E-state index in [0.717, 1.165) is 49.7 Å². The van der Waals surface area contributed by atoms with E-state index in [2.05, 4.69) is 10.3 Å². The maximum atomic E-state index is 11.4. The fraction of sp³-hybridized carbons (Fsp3) is 0.857. The van der Waals surface area contributed by atoms with E-state index in [0.29, 0.717) is 0 Å². The monoisotopic (exact) mass is 287 g/mol. The fourth-order valence-electron chi connectivity index (χ4n) is 1.34. The number of rotatable bonds is 11. The smallest absolute Gasteiger partial charge is 0.136 e. The molecule has 5 heteroatoms. The highest BCUT2D eigenvalue weighted by molar-refractivity contribution is 7.99. The Labute approximate surface area is 122 Å². The van der Waals surface area contributed by atoms with Crippen molar-refractivity contribution in [2.45, 2.75) is 40.0 Å². The molecule has 0 aliphatic carbocycles. The molecule has 0 spiro atoms. The zero-order valence-electron chi connectivity index (χ0n) is 12.8. The first-order chi connectivity index (χ1) is 8.90. The molecule has 0 fully saturated rings. The van der Waals surface area contributed by atoms with Crippen LogP contribution in [0.5, 0.6) is 0 Å². The first-order valence-corrected chi connectivity index (χ1v) is 8.08. The van der Waals surface area contributed by atoms with E-state index in [-0.39, 0.29) is 11.2 Å². The summed E-state index contributed by atoms with van der Waals surface area (Å²) in [5.74, 6) is 2.92. The van der Waals surface area contributed by atoms with Crippen molar-refractivity contribution in [2.24, 2.45) is 16.1 Å². The Balaban J connectivity index is 3.61. The second-order valence-electron chi connectivity index (χ2n) is 5.43. The highest BCUT2D eigenvalue weighted by Crippen LogP contribution is 2.23. The highest BCUT2D eigenvalue weighted by Gasteiger charge is 2.22. The van der Waals surface area contributed by atoms with E-state index in [1.165, 1.54) is 0 Å². The second-order valence-corrected chi connectivity index (χ2v) is 6.53. The molecule has 0 unspecified atom stereocenters. The van der Waals surface area contributed by atoms with Crippen LogP contribution in [0.4, 0.5) is 0 Å². The largest absolute Gasteiger partial charge is 0.387 e. The van der Waals surface area contributed by atoms with Crippen LogP contribution in [-0.4, -0.2) is 43.3 Å². The lowest BCUT2D eigenvalue weighted by Gasteiger charge is -2.20. The lowest BCUT2D eigenvalue weighted by molar-refractivity contribution is -0.123. The van der Waals surface area contributed by atoms with Crippen molar-refractivity contribution in [3.63, 3.8) is 0 Å². The minimum atomic E-state index is -0.211. The molecule has 0 bridgehead atoms. The molecule has 0 aromatic rings. The Morgan fingerprint density at radius 1 is 1.37 bits per heavy atom. The van der Waals surface area contributed by atoms with Crippen molar-refractivity contribution in [3.8, 4) is 0 Å². The van der Waals surface area contributed by atoms with Crippen LogP contribution in [-0.2, 0) is 4.79 Å². The van der Waals surface area contributed by atoms with Crippen LogP contribution in [0.15, 0.2) is 4.99 Å². The van der Waals surface area contributed by atoms with E-state index in [1.54, 1.807) is 6.92 Å². The van der Waals surface area contributed by atoms with Crippen LogP contribution in [0.25, 0.3) is 0 Å². The molecule has 0 saturated carbocycles. The van der Waals surface area contributed by atoms with Crippen LogP contribution in [0.2, 0.25) is 0 Å². The summed E-state index contributed by atoms with van der Waals surface area (Å²) in [6.45, 7) is 7.44. The molecule has 3 N–H and O–H groups in total. The van der Waals surface area contributed by atoms with Crippen molar-refractivity contribution >= 4 is 23.4 Å². The van der Waals surface area contributed by atoms with E-state index in [4.69, 9.17) is 5.73 Å². The minimum absolute atomic E-state index is 0.211. The van der Waals surface area contributed by atoms with Crippen molar-refractivity contribution in [1.82, 2.24) is 5.32 Å². The molecule has 19 heavy (non-hydrogen) atoms. The third-order valence-electron chi connectivity index (χ3n) is 3.04. The number of thioether (sulfide) groups is 1. The molecular weight excluding hydrogens is 258 g/mol. The number of hydrogen-bond acceptors (Lipinski definition) is 4. The molecular formula is C14H29N3OS. The van der Waals surface area contributed by atoms with Gasteiger partial charge in [-0.2, -0.15) is 11.8 Å². The third kappa shape index (κ3) is 9.96. The minimum Gasteiger partial charge on any atom is -0.387 e. The van der Waals surface area contributed by atoms with Gasteiger partial charge in [0.05, 0.1) is 5.84 Å². The third-order valence-corrected chi connectivity index (χ3v) is 4.54. The van der Waals surface area contributed by atoms with Crippen molar-refractivity contribution in [2.75, 3.05) is 31.6 Å². The van der Waals surface area contributed by atoms with Gasteiger partial charge in [-0.3, -0.25) is 9.79 Å². The van der Waals surface area contributed by atoms with Gasteiger partial charge >= 0.3 is 0 Å². The van der Waals surface area contributed by atoms with Crippen LogP contribution in [0.1, 0.15) is 40.0 Å². The number of carbonyl (C=O) groups is 1. The van der Waals surface area contributed by atoms with Crippen LogP contribution >= 0.6 is 11.8 Å².